The minimum atomic E-state index is -0.132. The van der Waals surface area contributed by atoms with E-state index in [2.05, 4.69) is 10.4 Å². The molecule has 3 aromatic rings. The predicted octanol–water partition coefficient (Wildman–Crippen LogP) is 4.76. The van der Waals surface area contributed by atoms with Gasteiger partial charge < -0.3 is 5.32 Å². The van der Waals surface area contributed by atoms with E-state index in [-0.39, 0.29) is 5.91 Å². The van der Waals surface area contributed by atoms with E-state index in [1.807, 2.05) is 67.9 Å². The summed E-state index contributed by atoms with van der Waals surface area (Å²) in [6.07, 6.45) is 0. The summed E-state index contributed by atoms with van der Waals surface area (Å²) in [5.41, 5.74) is 5.11. The molecule has 0 spiro atoms. The third-order valence-electron chi connectivity index (χ3n) is 4.18. The van der Waals surface area contributed by atoms with Crippen LogP contribution in [0.5, 0.6) is 0 Å². The molecule has 0 atom stereocenters. The second kappa shape index (κ2) is 7.11. The third kappa shape index (κ3) is 3.74. The van der Waals surface area contributed by atoms with Crippen LogP contribution in [0.1, 0.15) is 32.9 Å². The first kappa shape index (κ1) is 17.2. The lowest BCUT2D eigenvalue weighted by molar-refractivity contribution is 0.102. The zero-order valence-electron chi connectivity index (χ0n) is 14.5. The highest BCUT2D eigenvalue weighted by atomic mass is 35.5. The maximum absolute atomic E-state index is 12.5. The second-order valence-corrected chi connectivity index (χ2v) is 6.53. The number of aryl methyl sites for hydroxylation is 2. The quantitative estimate of drug-likeness (QED) is 0.734. The minimum Gasteiger partial charge on any atom is -0.319 e. The van der Waals surface area contributed by atoms with E-state index in [1.54, 1.807) is 6.07 Å². The molecule has 25 heavy (non-hydrogen) atoms. The summed E-state index contributed by atoms with van der Waals surface area (Å²) in [6.45, 7) is 6.37. The normalized spacial score (nSPS) is 10.7. The van der Waals surface area contributed by atoms with Gasteiger partial charge in [0, 0.05) is 10.6 Å². The number of benzene rings is 2. The molecule has 0 unspecified atom stereocenters. The lowest BCUT2D eigenvalue weighted by Crippen LogP contribution is -2.13. The number of anilines is 1. The fraction of sp³-hybridized carbons (Fsp3) is 0.200. The van der Waals surface area contributed by atoms with Gasteiger partial charge in [0.25, 0.3) is 5.91 Å². The van der Waals surface area contributed by atoms with Crippen molar-refractivity contribution in [3.63, 3.8) is 0 Å². The summed E-state index contributed by atoms with van der Waals surface area (Å²) in [5.74, 6) is -0.132. The van der Waals surface area contributed by atoms with Crippen LogP contribution in [0.3, 0.4) is 0 Å². The molecule has 1 amide bonds. The number of hydrogen-bond donors (Lipinski definition) is 1. The Morgan fingerprint density at radius 2 is 1.88 bits per heavy atom. The molecule has 0 fully saturated rings. The van der Waals surface area contributed by atoms with Gasteiger partial charge in [0.2, 0.25) is 0 Å². The molecule has 2 aromatic carbocycles. The molecule has 5 heteroatoms. The zero-order chi connectivity index (χ0) is 18.0. The van der Waals surface area contributed by atoms with Gasteiger partial charge in [-0.1, -0.05) is 47.5 Å². The van der Waals surface area contributed by atoms with Crippen LogP contribution < -0.4 is 5.32 Å². The summed E-state index contributed by atoms with van der Waals surface area (Å²) in [7, 11) is 0. The van der Waals surface area contributed by atoms with E-state index in [0.29, 0.717) is 17.1 Å². The Kier molecular flexibility index (Phi) is 4.91. The molecular weight excluding hydrogens is 334 g/mol. The number of hydrogen-bond acceptors (Lipinski definition) is 2. The fourth-order valence-electron chi connectivity index (χ4n) is 2.79. The number of amides is 1. The van der Waals surface area contributed by atoms with Gasteiger partial charge in [-0.25, -0.2) is 0 Å². The van der Waals surface area contributed by atoms with E-state index in [9.17, 15) is 4.79 Å². The van der Waals surface area contributed by atoms with E-state index in [1.165, 1.54) is 0 Å². The molecular formula is C20H20ClN3O. The summed E-state index contributed by atoms with van der Waals surface area (Å²) < 4.78 is 1.86. The number of halogens is 1. The average molecular weight is 354 g/mol. The topological polar surface area (TPSA) is 46.9 Å². The number of carbonyl (C=O) groups excluding carboxylic acids is 1. The van der Waals surface area contributed by atoms with Crippen molar-refractivity contribution >= 4 is 23.2 Å². The molecule has 0 bridgehead atoms. The highest BCUT2D eigenvalue weighted by Gasteiger charge is 2.16. The first-order valence-electron chi connectivity index (χ1n) is 8.11. The van der Waals surface area contributed by atoms with Crippen molar-refractivity contribution in [2.75, 3.05) is 5.32 Å². The third-order valence-corrected chi connectivity index (χ3v) is 4.55. The van der Waals surface area contributed by atoms with Gasteiger partial charge in [0.1, 0.15) is 0 Å². The maximum atomic E-state index is 12.5. The lowest BCUT2D eigenvalue weighted by atomic mass is 10.1. The lowest BCUT2D eigenvalue weighted by Gasteiger charge is -2.08. The van der Waals surface area contributed by atoms with Gasteiger partial charge in [-0.05, 0) is 44.5 Å². The van der Waals surface area contributed by atoms with Gasteiger partial charge in [-0.3, -0.25) is 9.48 Å². The fourth-order valence-corrected chi connectivity index (χ4v) is 2.99. The van der Waals surface area contributed by atoms with Gasteiger partial charge in [0.05, 0.1) is 23.6 Å². The number of carbonyl (C=O) groups is 1. The van der Waals surface area contributed by atoms with Crippen LogP contribution in [0, 0.1) is 20.8 Å². The molecule has 0 radical (unpaired) electrons. The van der Waals surface area contributed by atoms with Crippen LogP contribution in [0.2, 0.25) is 5.02 Å². The largest absolute Gasteiger partial charge is 0.319 e. The van der Waals surface area contributed by atoms with Crippen molar-refractivity contribution in [1.29, 1.82) is 0 Å². The Balaban J connectivity index is 1.85. The number of nitrogens with zero attached hydrogens (tertiary/aromatic N) is 2. The molecule has 3 rings (SSSR count). The number of aromatic nitrogens is 2. The van der Waals surface area contributed by atoms with Gasteiger partial charge in [0.15, 0.2) is 0 Å². The van der Waals surface area contributed by atoms with E-state index < -0.39 is 0 Å². The summed E-state index contributed by atoms with van der Waals surface area (Å²) in [4.78, 5) is 12.5. The monoisotopic (exact) mass is 353 g/mol. The molecule has 4 nitrogen and oxygen atoms in total. The van der Waals surface area contributed by atoms with Crippen LogP contribution in [0.4, 0.5) is 5.69 Å². The van der Waals surface area contributed by atoms with Crippen LogP contribution in [-0.2, 0) is 6.54 Å². The average Bonchev–Trinajstić information content (AvgIpc) is 2.84. The summed E-state index contributed by atoms with van der Waals surface area (Å²) >= 11 is 6.24. The smallest absolute Gasteiger partial charge is 0.255 e. The van der Waals surface area contributed by atoms with E-state index in [4.69, 9.17) is 11.6 Å². The molecule has 0 saturated heterocycles. The summed E-state index contributed by atoms with van der Waals surface area (Å²) in [5, 5.41) is 8.25. The van der Waals surface area contributed by atoms with Crippen molar-refractivity contribution in [3.05, 3.63) is 81.6 Å². The number of rotatable bonds is 4. The Labute approximate surface area is 152 Å². The van der Waals surface area contributed by atoms with E-state index in [0.717, 1.165) is 28.2 Å². The first-order valence-corrected chi connectivity index (χ1v) is 8.49. The molecule has 1 N–H and O–H groups in total. The van der Waals surface area contributed by atoms with Gasteiger partial charge >= 0.3 is 0 Å². The second-order valence-electron chi connectivity index (χ2n) is 6.12. The molecule has 0 saturated carbocycles. The maximum Gasteiger partial charge on any atom is 0.255 e. The van der Waals surface area contributed by atoms with Crippen LogP contribution in [0.25, 0.3) is 0 Å². The van der Waals surface area contributed by atoms with Crippen molar-refractivity contribution in [3.8, 4) is 0 Å². The van der Waals surface area contributed by atoms with Gasteiger partial charge in [-0.15, -0.1) is 0 Å². The van der Waals surface area contributed by atoms with Crippen LogP contribution in [-0.4, -0.2) is 15.7 Å². The van der Waals surface area contributed by atoms with Crippen LogP contribution in [0.15, 0.2) is 48.5 Å². The molecule has 128 valence electrons. The number of nitrogens with one attached hydrogen (secondary N) is 1. The Bertz CT molecular complexity index is 930. The summed E-state index contributed by atoms with van der Waals surface area (Å²) in [6, 6.07) is 15.2. The van der Waals surface area contributed by atoms with Crippen molar-refractivity contribution in [1.82, 2.24) is 9.78 Å². The van der Waals surface area contributed by atoms with E-state index >= 15 is 0 Å². The van der Waals surface area contributed by atoms with Crippen molar-refractivity contribution in [2.45, 2.75) is 27.3 Å². The Morgan fingerprint density at radius 3 is 2.60 bits per heavy atom. The highest BCUT2D eigenvalue weighted by molar-refractivity contribution is 6.31. The molecule has 0 aliphatic carbocycles. The van der Waals surface area contributed by atoms with Gasteiger partial charge in [-0.2, -0.15) is 5.10 Å². The predicted molar refractivity (Wildman–Crippen MR) is 101 cm³/mol. The molecule has 1 aromatic heterocycles. The standard InChI is InChI=1S/C20H20ClN3O/c1-13-7-6-9-16(11-13)20(25)22-19-14(2)23-24(15(19)3)12-17-8-4-5-10-18(17)21/h4-11H,12H2,1-3H3,(H,22,25). The molecule has 0 aliphatic heterocycles. The van der Waals surface area contributed by atoms with Crippen molar-refractivity contribution in [2.24, 2.45) is 0 Å². The van der Waals surface area contributed by atoms with Crippen molar-refractivity contribution < 1.29 is 4.79 Å². The molecule has 1 heterocycles. The highest BCUT2D eigenvalue weighted by Crippen LogP contribution is 2.23. The SMILES string of the molecule is Cc1cccc(C(=O)Nc2c(C)nn(Cc3ccccc3Cl)c2C)c1. The Morgan fingerprint density at radius 1 is 1.12 bits per heavy atom. The Hall–Kier alpha value is -2.59. The minimum absolute atomic E-state index is 0.132. The van der Waals surface area contributed by atoms with Crippen LogP contribution >= 0.6 is 11.6 Å². The molecule has 0 aliphatic rings. The zero-order valence-corrected chi connectivity index (χ0v) is 15.3. The first-order chi connectivity index (χ1) is 12.0.